The Hall–Kier alpha value is -2.54. The molecule has 0 aliphatic carbocycles. The van der Waals surface area contributed by atoms with Crippen molar-refractivity contribution in [1.82, 2.24) is 4.90 Å². The van der Waals surface area contributed by atoms with E-state index in [1.54, 1.807) is 48.5 Å². The van der Waals surface area contributed by atoms with Crippen LogP contribution < -0.4 is 4.72 Å². The molecule has 0 amide bonds. The van der Waals surface area contributed by atoms with E-state index >= 15 is 0 Å². The lowest BCUT2D eigenvalue weighted by molar-refractivity contribution is 0.338. The van der Waals surface area contributed by atoms with Crippen LogP contribution in [0.2, 0.25) is 5.02 Å². The molecule has 1 aliphatic rings. The van der Waals surface area contributed by atoms with Gasteiger partial charge in [-0.25, -0.2) is 8.42 Å². The molecule has 1 atom stereocenters. The van der Waals surface area contributed by atoms with Crippen molar-refractivity contribution in [3.63, 3.8) is 0 Å². The molecule has 3 aromatic carbocycles. The Morgan fingerprint density at radius 2 is 1.77 bits per heavy atom. The molecular weight excluding hydrogens is 420 g/mol. The first-order valence-electron chi connectivity index (χ1n) is 9.71. The number of rotatable bonds is 4. The average Bonchev–Trinajstić information content (AvgIpc) is 2.88. The van der Waals surface area contributed by atoms with Crippen LogP contribution in [0.4, 0.5) is 5.69 Å². The molecule has 0 saturated carbocycles. The summed E-state index contributed by atoms with van der Waals surface area (Å²) in [6.07, 6.45) is 0.858. The summed E-state index contributed by atoms with van der Waals surface area (Å²) in [5.41, 5.74) is 3.73. The second-order valence-electron chi connectivity index (χ2n) is 7.61. The summed E-state index contributed by atoms with van der Waals surface area (Å²) in [7, 11) is -1.56. The normalized spacial score (nSPS) is 17.2. The number of phenolic OH excluding ortho intramolecular Hbond substituents is 1. The van der Waals surface area contributed by atoms with Gasteiger partial charge in [-0.05, 0) is 66.6 Å². The van der Waals surface area contributed by atoms with Gasteiger partial charge in [0.25, 0.3) is 10.0 Å². The minimum atomic E-state index is -3.63. The summed E-state index contributed by atoms with van der Waals surface area (Å²) in [5, 5.41) is 10.5. The average molecular weight is 443 g/mol. The first kappa shape index (κ1) is 20.7. The standard InChI is InChI=1S/C23H23ClN2O3S/c1-26-12-11-17-13-22(24)23(27)14-20(17)21(15-26)16-7-9-18(10-8-16)25-30(28,29)19-5-3-2-4-6-19/h2-10,13-14,21,25,27H,11-12,15H2,1H3. The predicted octanol–water partition coefficient (Wildman–Crippen LogP) is 4.47. The molecular formula is C23H23ClN2O3S. The molecule has 0 radical (unpaired) electrons. The van der Waals surface area contributed by atoms with E-state index in [1.807, 2.05) is 18.2 Å². The largest absolute Gasteiger partial charge is 0.506 e. The Morgan fingerprint density at radius 1 is 1.07 bits per heavy atom. The van der Waals surface area contributed by atoms with Crippen LogP contribution in [-0.4, -0.2) is 38.6 Å². The van der Waals surface area contributed by atoms with E-state index in [-0.39, 0.29) is 16.6 Å². The molecule has 3 aromatic rings. The molecule has 0 spiro atoms. The van der Waals surface area contributed by atoms with Gasteiger partial charge in [-0.1, -0.05) is 41.9 Å². The van der Waals surface area contributed by atoms with Gasteiger partial charge < -0.3 is 10.0 Å². The third-order valence-corrected chi connectivity index (χ3v) is 7.16. The number of aromatic hydroxyl groups is 1. The summed E-state index contributed by atoms with van der Waals surface area (Å²) < 4.78 is 27.7. The highest BCUT2D eigenvalue weighted by Crippen LogP contribution is 2.37. The molecule has 156 valence electrons. The van der Waals surface area contributed by atoms with Gasteiger partial charge in [-0.15, -0.1) is 0 Å². The quantitative estimate of drug-likeness (QED) is 0.625. The second-order valence-corrected chi connectivity index (χ2v) is 9.70. The number of hydrogen-bond donors (Lipinski definition) is 2. The van der Waals surface area contributed by atoms with Crippen LogP contribution in [0.1, 0.15) is 22.6 Å². The van der Waals surface area contributed by atoms with Crippen LogP contribution in [0.15, 0.2) is 71.6 Å². The zero-order chi connectivity index (χ0) is 21.3. The van der Waals surface area contributed by atoms with E-state index in [1.165, 1.54) is 0 Å². The van der Waals surface area contributed by atoms with Gasteiger partial charge in [-0.2, -0.15) is 0 Å². The zero-order valence-electron chi connectivity index (χ0n) is 16.5. The highest BCUT2D eigenvalue weighted by Gasteiger charge is 2.24. The molecule has 4 rings (SSSR count). The minimum absolute atomic E-state index is 0.0513. The summed E-state index contributed by atoms with van der Waals surface area (Å²) in [6.45, 7) is 1.70. The molecule has 1 heterocycles. The fourth-order valence-electron chi connectivity index (χ4n) is 3.85. The fourth-order valence-corrected chi connectivity index (χ4v) is 5.12. The highest BCUT2D eigenvalue weighted by molar-refractivity contribution is 7.92. The highest BCUT2D eigenvalue weighted by atomic mass is 35.5. The van der Waals surface area contributed by atoms with Crippen molar-refractivity contribution in [3.05, 3.63) is 88.4 Å². The lowest BCUT2D eigenvalue weighted by atomic mass is 9.88. The third-order valence-electron chi connectivity index (χ3n) is 5.46. The predicted molar refractivity (Wildman–Crippen MR) is 120 cm³/mol. The Labute approximate surface area is 182 Å². The van der Waals surface area contributed by atoms with Crippen LogP contribution in [-0.2, 0) is 16.4 Å². The van der Waals surface area contributed by atoms with Gasteiger partial charge >= 0.3 is 0 Å². The number of anilines is 1. The molecule has 0 saturated heterocycles. The molecule has 0 bridgehead atoms. The van der Waals surface area contributed by atoms with E-state index in [4.69, 9.17) is 11.6 Å². The topological polar surface area (TPSA) is 69.6 Å². The first-order valence-corrected chi connectivity index (χ1v) is 11.6. The number of likely N-dealkylation sites (N-methyl/N-ethyl adjacent to an activating group) is 1. The van der Waals surface area contributed by atoms with E-state index in [0.29, 0.717) is 10.7 Å². The fraction of sp³-hybridized carbons (Fsp3) is 0.217. The maximum Gasteiger partial charge on any atom is 0.261 e. The zero-order valence-corrected chi connectivity index (χ0v) is 18.1. The number of sulfonamides is 1. The van der Waals surface area contributed by atoms with Crippen LogP contribution in [0.5, 0.6) is 5.75 Å². The number of hydrogen-bond acceptors (Lipinski definition) is 4. The number of nitrogens with zero attached hydrogens (tertiary/aromatic N) is 1. The van der Waals surface area contributed by atoms with E-state index in [9.17, 15) is 13.5 Å². The van der Waals surface area contributed by atoms with Crippen molar-refractivity contribution in [3.8, 4) is 5.75 Å². The van der Waals surface area contributed by atoms with Crippen molar-refractivity contribution in [2.45, 2.75) is 17.2 Å². The molecule has 2 N–H and O–H groups in total. The van der Waals surface area contributed by atoms with Crippen LogP contribution in [0, 0.1) is 0 Å². The number of phenols is 1. The van der Waals surface area contributed by atoms with E-state index in [2.05, 4.69) is 16.7 Å². The number of benzene rings is 3. The van der Waals surface area contributed by atoms with Crippen molar-refractivity contribution >= 4 is 27.3 Å². The molecule has 5 nitrogen and oxygen atoms in total. The molecule has 30 heavy (non-hydrogen) atoms. The smallest absolute Gasteiger partial charge is 0.261 e. The monoisotopic (exact) mass is 442 g/mol. The molecule has 0 aromatic heterocycles. The van der Waals surface area contributed by atoms with Crippen LogP contribution in [0.25, 0.3) is 0 Å². The van der Waals surface area contributed by atoms with Crippen LogP contribution in [0.3, 0.4) is 0 Å². The maximum absolute atomic E-state index is 12.6. The van der Waals surface area contributed by atoms with Crippen molar-refractivity contribution in [1.29, 1.82) is 0 Å². The summed E-state index contributed by atoms with van der Waals surface area (Å²) in [5.74, 6) is 0.132. The van der Waals surface area contributed by atoms with Crippen LogP contribution >= 0.6 is 11.6 Å². The van der Waals surface area contributed by atoms with E-state index in [0.717, 1.165) is 36.2 Å². The van der Waals surface area contributed by atoms with Crippen molar-refractivity contribution < 1.29 is 13.5 Å². The van der Waals surface area contributed by atoms with Gasteiger partial charge in [0.05, 0.1) is 9.92 Å². The maximum atomic E-state index is 12.6. The Morgan fingerprint density at radius 3 is 2.47 bits per heavy atom. The summed E-state index contributed by atoms with van der Waals surface area (Å²) in [6, 6.07) is 19.3. The second kappa shape index (κ2) is 8.30. The lowest BCUT2D eigenvalue weighted by Gasteiger charge is -2.22. The number of fused-ring (bicyclic) bond motifs is 1. The SMILES string of the molecule is CN1CCc2cc(Cl)c(O)cc2C(c2ccc(NS(=O)(=O)c3ccccc3)cc2)C1. The molecule has 1 aliphatic heterocycles. The van der Waals surface area contributed by atoms with Crippen molar-refractivity contribution in [2.24, 2.45) is 0 Å². The Kier molecular flexibility index (Phi) is 5.73. The minimum Gasteiger partial charge on any atom is -0.506 e. The lowest BCUT2D eigenvalue weighted by Crippen LogP contribution is -2.24. The van der Waals surface area contributed by atoms with Gasteiger partial charge in [0, 0.05) is 24.7 Å². The van der Waals surface area contributed by atoms with Gasteiger partial charge in [0.15, 0.2) is 0 Å². The molecule has 0 fully saturated rings. The summed E-state index contributed by atoms with van der Waals surface area (Å²) in [4.78, 5) is 2.47. The number of halogens is 1. The van der Waals surface area contributed by atoms with Crippen molar-refractivity contribution in [2.75, 3.05) is 24.9 Å². The molecule has 7 heteroatoms. The Balaban J connectivity index is 1.63. The summed E-state index contributed by atoms with van der Waals surface area (Å²) >= 11 is 6.13. The van der Waals surface area contributed by atoms with E-state index < -0.39 is 10.0 Å². The first-order chi connectivity index (χ1) is 14.3. The van der Waals surface area contributed by atoms with Gasteiger partial charge in [0.2, 0.25) is 0 Å². The number of nitrogens with one attached hydrogen (secondary N) is 1. The van der Waals surface area contributed by atoms with Gasteiger partial charge in [-0.3, -0.25) is 4.72 Å². The Bertz CT molecular complexity index is 1150. The third kappa shape index (κ3) is 4.31. The molecule has 1 unspecified atom stereocenters. The van der Waals surface area contributed by atoms with Gasteiger partial charge in [0.1, 0.15) is 5.75 Å².